The number of ether oxygens (including phenoxy) is 1. The summed E-state index contributed by atoms with van der Waals surface area (Å²) in [5, 5.41) is 5.74. The van der Waals surface area contributed by atoms with Crippen molar-refractivity contribution in [1.82, 2.24) is 15.3 Å². The van der Waals surface area contributed by atoms with E-state index in [1.807, 2.05) is 0 Å². The van der Waals surface area contributed by atoms with E-state index in [0.29, 0.717) is 22.6 Å². The molecule has 0 radical (unpaired) electrons. The van der Waals surface area contributed by atoms with E-state index < -0.39 is 6.61 Å². The van der Waals surface area contributed by atoms with Crippen LogP contribution in [0.2, 0.25) is 0 Å². The lowest BCUT2D eigenvalue weighted by molar-refractivity contribution is -0.0504. The van der Waals surface area contributed by atoms with E-state index in [0.717, 1.165) is 11.1 Å². The standard InChI is InChI=1S/C22H20F2N4O2/c1-3-20-27-12-16(13-28-20)14-8-9-17(21(29)25-2)18(10-14)26-11-15-6-4-5-7-19(15)30-22(23)24/h3-10,12-13,22,26H,1,11H2,2H3,(H,25,29). The van der Waals surface area contributed by atoms with Gasteiger partial charge in [-0.1, -0.05) is 30.8 Å². The van der Waals surface area contributed by atoms with Gasteiger partial charge in [0, 0.05) is 42.8 Å². The molecular formula is C22H20F2N4O2. The summed E-state index contributed by atoms with van der Waals surface area (Å²) in [5.74, 6) is 0.306. The Morgan fingerprint density at radius 3 is 2.57 bits per heavy atom. The van der Waals surface area contributed by atoms with Crippen LogP contribution < -0.4 is 15.4 Å². The predicted molar refractivity (Wildman–Crippen MR) is 111 cm³/mol. The van der Waals surface area contributed by atoms with Gasteiger partial charge in [0.2, 0.25) is 0 Å². The second-order valence-electron chi connectivity index (χ2n) is 6.21. The van der Waals surface area contributed by atoms with E-state index in [4.69, 9.17) is 0 Å². The quantitative estimate of drug-likeness (QED) is 0.577. The van der Waals surface area contributed by atoms with Gasteiger partial charge in [-0.2, -0.15) is 8.78 Å². The van der Waals surface area contributed by atoms with E-state index in [1.165, 1.54) is 13.1 Å². The Balaban J connectivity index is 1.91. The highest BCUT2D eigenvalue weighted by Crippen LogP contribution is 2.27. The number of nitrogens with zero attached hydrogens (tertiary/aromatic N) is 2. The third kappa shape index (κ3) is 4.96. The number of anilines is 1. The molecule has 0 atom stereocenters. The van der Waals surface area contributed by atoms with Crippen molar-refractivity contribution in [2.45, 2.75) is 13.2 Å². The van der Waals surface area contributed by atoms with Crippen molar-refractivity contribution < 1.29 is 18.3 Å². The average molecular weight is 410 g/mol. The van der Waals surface area contributed by atoms with Gasteiger partial charge >= 0.3 is 6.61 Å². The molecule has 1 heterocycles. The van der Waals surface area contributed by atoms with E-state index >= 15 is 0 Å². The molecule has 30 heavy (non-hydrogen) atoms. The Kier molecular flexibility index (Phi) is 6.69. The highest BCUT2D eigenvalue weighted by molar-refractivity contribution is 6.00. The number of aromatic nitrogens is 2. The molecular weight excluding hydrogens is 390 g/mol. The zero-order valence-electron chi connectivity index (χ0n) is 16.2. The van der Waals surface area contributed by atoms with Gasteiger partial charge in [0.05, 0.1) is 5.56 Å². The number of rotatable bonds is 8. The minimum atomic E-state index is -2.92. The Morgan fingerprint density at radius 2 is 1.90 bits per heavy atom. The molecule has 0 saturated carbocycles. The van der Waals surface area contributed by atoms with Gasteiger partial charge < -0.3 is 15.4 Å². The number of halogens is 2. The van der Waals surface area contributed by atoms with Gasteiger partial charge in [-0.05, 0) is 29.8 Å². The van der Waals surface area contributed by atoms with Crippen LogP contribution in [0, 0.1) is 0 Å². The molecule has 2 N–H and O–H groups in total. The molecule has 0 bridgehead atoms. The summed E-state index contributed by atoms with van der Waals surface area (Å²) in [7, 11) is 1.54. The molecule has 0 aliphatic carbocycles. The Morgan fingerprint density at radius 1 is 1.17 bits per heavy atom. The van der Waals surface area contributed by atoms with Crippen LogP contribution in [-0.4, -0.2) is 29.5 Å². The van der Waals surface area contributed by atoms with Crippen molar-refractivity contribution in [1.29, 1.82) is 0 Å². The first-order valence-corrected chi connectivity index (χ1v) is 9.09. The molecule has 0 saturated heterocycles. The maximum atomic E-state index is 12.7. The summed E-state index contributed by atoms with van der Waals surface area (Å²) in [6.45, 7) is 0.890. The summed E-state index contributed by atoms with van der Waals surface area (Å²) in [6.07, 6.45) is 4.87. The molecule has 1 amide bonds. The molecule has 3 aromatic rings. The number of hydrogen-bond acceptors (Lipinski definition) is 5. The third-order valence-electron chi connectivity index (χ3n) is 4.34. The molecule has 0 aliphatic heterocycles. The maximum absolute atomic E-state index is 12.7. The van der Waals surface area contributed by atoms with Crippen molar-refractivity contribution in [3.63, 3.8) is 0 Å². The van der Waals surface area contributed by atoms with Crippen LogP contribution in [0.15, 0.2) is 61.4 Å². The van der Waals surface area contributed by atoms with Crippen LogP contribution in [-0.2, 0) is 6.54 Å². The van der Waals surface area contributed by atoms with Gasteiger partial charge in [-0.15, -0.1) is 0 Å². The van der Waals surface area contributed by atoms with E-state index in [9.17, 15) is 13.6 Å². The summed E-state index contributed by atoms with van der Waals surface area (Å²) in [6, 6.07) is 11.7. The molecule has 8 heteroatoms. The molecule has 154 valence electrons. The van der Waals surface area contributed by atoms with Gasteiger partial charge in [0.25, 0.3) is 5.91 Å². The average Bonchev–Trinajstić information content (AvgIpc) is 2.77. The number of carbonyl (C=O) groups excluding carboxylic acids is 1. The first kappa shape index (κ1) is 20.9. The number of para-hydroxylation sites is 1. The lowest BCUT2D eigenvalue weighted by Gasteiger charge is -2.15. The number of benzene rings is 2. The lowest BCUT2D eigenvalue weighted by Crippen LogP contribution is -2.19. The monoisotopic (exact) mass is 410 g/mol. The molecule has 3 rings (SSSR count). The van der Waals surface area contributed by atoms with Crippen LogP contribution in [0.4, 0.5) is 14.5 Å². The number of nitrogens with one attached hydrogen (secondary N) is 2. The second kappa shape index (κ2) is 9.60. The SMILES string of the molecule is C=Cc1ncc(-c2ccc(C(=O)NC)c(NCc3ccccc3OC(F)F)c2)cn1. The van der Waals surface area contributed by atoms with Crippen molar-refractivity contribution in [3.8, 4) is 16.9 Å². The predicted octanol–water partition coefficient (Wildman–Crippen LogP) is 4.36. The Bertz CT molecular complexity index is 1040. The fourth-order valence-electron chi connectivity index (χ4n) is 2.85. The third-order valence-corrected chi connectivity index (χ3v) is 4.34. The maximum Gasteiger partial charge on any atom is 0.387 e. The fourth-order valence-corrected chi connectivity index (χ4v) is 2.85. The van der Waals surface area contributed by atoms with Crippen LogP contribution in [0.1, 0.15) is 21.7 Å². The summed E-state index contributed by atoms with van der Waals surface area (Å²) in [5.41, 5.74) is 3.03. The number of hydrogen-bond donors (Lipinski definition) is 2. The Labute approximate surface area is 172 Å². The molecule has 0 spiro atoms. The van der Waals surface area contributed by atoms with E-state index in [1.54, 1.807) is 54.9 Å². The summed E-state index contributed by atoms with van der Waals surface area (Å²) in [4.78, 5) is 20.7. The van der Waals surface area contributed by atoms with Gasteiger partial charge in [-0.25, -0.2) is 9.97 Å². The normalized spacial score (nSPS) is 10.5. The number of alkyl halides is 2. The van der Waals surface area contributed by atoms with Crippen molar-refractivity contribution >= 4 is 17.7 Å². The second-order valence-corrected chi connectivity index (χ2v) is 6.21. The summed E-state index contributed by atoms with van der Waals surface area (Å²) < 4.78 is 29.9. The smallest absolute Gasteiger partial charge is 0.387 e. The molecule has 0 aliphatic rings. The minimum absolute atomic E-state index is 0.0751. The zero-order chi connectivity index (χ0) is 21.5. The number of amides is 1. The molecule has 1 aromatic heterocycles. The molecule has 0 unspecified atom stereocenters. The van der Waals surface area contributed by atoms with Crippen LogP contribution >= 0.6 is 0 Å². The highest BCUT2D eigenvalue weighted by atomic mass is 19.3. The van der Waals surface area contributed by atoms with Crippen molar-refractivity contribution in [2.75, 3.05) is 12.4 Å². The minimum Gasteiger partial charge on any atom is -0.434 e. The van der Waals surface area contributed by atoms with E-state index in [2.05, 4.69) is 31.9 Å². The van der Waals surface area contributed by atoms with Crippen molar-refractivity contribution in [3.05, 3.63) is 78.4 Å². The zero-order valence-corrected chi connectivity index (χ0v) is 16.2. The fraction of sp³-hybridized carbons (Fsp3) is 0.136. The van der Waals surface area contributed by atoms with Crippen LogP contribution in [0.3, 0.4) is 0 Å². The Hall–Kier alpha value is -3.81. The topological polar surface area (TPSA) is 76.1 Å². The van der Waals surface area contributed by atoms with Crippen LogP contribution in [0.5, 0.6) is 5.75 Å². The first-order valence-electron chi connectivity index (χ1n) is 9.09. The lowest BCUT2D eigenvalue weighted by atomic mass is 10.0. The molecule has 2 aromatic carbocycles. The summed E-state index contributed by atoms with van der Waals surface area (Å²) >= 11 is 0. The van der Waals surface area contributed by atoms with Crippen molar-refractivity contribution in [2.24, 2.45) is 0 Å². The van der Waals surface area contributed by atoms with Gasteiger partial charge in [0.15, 0.2) is 5.82 Å². The number of carbonyl (C=O) groups is 1. The first-order chi connectivity index (χ1) is 14.5. The highest BCUT2D eigenvalue weighted by Gasteiger charge is 2.14. The van der Waals surface area contributed by atoms with Gasteiger partial charge in [-0.3, -0.25) is 4.79 Å². The van der Waals surface area contributed by atoms with E-state index in [-0.39, 0.29) is 18.2 Å². The molecule has 0 fully saturated rings. The van der Waals surface area contributed by atoms with Crippen LogP contribution in [0.25, 0.3) is 17.2 Å². The largest absolute Gasteiger partial charge is 0.434 e. The van der Waals surface area contributed by atoms with Gasteiger partial charge in [0.1, 0.15) is 5.75 Å². The molecule has 6 nitrogen and oxygen atoms in total.